The number of likely N-dealkylation sites (tertiary alicyclic amines) is 1. The number of alkyl halides is 4. The van der Waals surface area contributed by atoms with Crippen molar-refractivity contribution in [3.8, 4) is 5.88 Å². The predicted molar refractivity (Wildman–Crippen MR) is 76.3 cm³/mol. The lowest BCUT2D eigenvalue weighted by atomic mass is 10.2. The first-order chi connectivity index (χ1) is 11.4. The number of rotatable bonds is 3. The molecule has 0 radical (unpaired) electrons. The molecular weight excluding hydrogens is 351 g/mol. The third-order valence-corrected chi connectivity index (χ3v) is 3.27. The second-order valence-corrected chi connectivity index (χ2v) is 6.57. The van der Waals surface area contributed by atoms with Gasteiger partial charge in [-0.2, -0.15) is 0 Å². The normalized spacial score (nSPS) is 20.0. The van der Waals surface area contributed by atoms with Crippen LogP contribution in [0.4, 0.5) is 26.7 Å². The van der Waals surface area contributed by atoms with Gasteiger partial charge < -0.3 is 9.47 Å². The first-order valence-electron chi connectivity index (χ1n) is 7.35. The van der Waals surface area contributed by atoms with Crippen molar-refractivity contribution in [2.45, 2.75) is 44.8 Å². The summed E-state index contributed by atoms with van der Waals surface area (Å²) in [6, 6.07) is 0.562. The molecule has 1 aliphatic rings. The Morgan fingerprint density at radius 1 is 1.40 bits per heavy atom. The van der Waals surface area contributed by atoms with Gasteiger partial charge in [0.2, 0.25) is 5.88 Å². The summed E-state index contributed by atoms with van der Waals surface area (Å²) in [5.74, 6) is -5.29. The van der Waals surface area contributed by atoms with Crippen LogP contribution in [0.15, 0.2) is 12.3 Å². The van der Waals surface area contributed by atoms with Crippen LogP contribution in [0.2, 0.25) is 0 Å². The van der Waals surface area contributed by atoms with Crippen LogP contribution in [0.3, 0.4) is 0 Å². The summed E-state index contributed by atoms with van der Waals surface area (Å²) in [5, 5.41) is 0. The van der Waals surface area contributed by atoms with E-state index in [2.05, 4.69) is 4.98 Å². The first kappa shape index (κ1) is 19.2. The molecule has 1 amide bonds. The molecule has 1 atom stereocenters. The number of ether oxygens (including phenoxy) is 2. The Morgan fingerprint density at radius 2 is 2.04 bits per heavy atom. The van der Waals surface area contributed by atoms with E-state index in [1.54, 1.807) is 20.8 Å². The average molecular weight is 368 g/mol. The number of halogens is 5. The van der Waals surface area contributed by atoms with Crippen molar-refractivity contribution in [2.75, 3.05) is 13.1 Å². The Labute approximate surface area is 140 Å². The topological polar surface area (TPSA) is 51.7 Å². The molecule has 10 heteroatoms. The molecule has 1 aromatic heterocycles. The van der Waals surface area contributed by atoms with Gasteiger partial charge in [0.15, 0.2) is 11.9 Å². The van der Waals surface area contributed by atoms with Gasteiger partial charge in [0, 0.05) is 6.07 Å². The van der Waals surface area contributed by atoms with Gasteiger partial charge in [-0.25, -0.2) is 31.7 Å². The summed E-state index contributed by atoms with van der Waals surface area (Å²) in [6.45, 7) is 3.28. The van der Waals surface area contributed by atoms with Crippen molar-refractivity contribution in [1.82, 2.24) is 9.88 Å². The van der Waals surface area contributed by atoms with Crippen molar-refractivity contribution < 1.29 is 36.2 Å². The third-order valence-electron chi connectivity index (χ3n) is 3.27. The number of amides is 1. The maximum absolute atomic E-state index is 14.1. The van der Waals surface area contributed by atoms with Crippen LogP contribution in [0.1, 0.15) is 32.8 Å². The highest BCUT2D eigenvalue weighted by molar-refractivity contribution is 5.68. The van der Waals surface area contributed by atoms with E-state index in [1.807, 2.05) is 0 Å². The Morgan fingerprint density at radius 3 is 2.60 bits per heavy atom. The van der Waals surface area contributed by atoms with E-state index in [4.69, 9.17) is 9.47 Å². The lowest BCUT2D eigenvalue weighted by Gasteiger charge is -2.24. The molecule has 2 heterocycles. The van der Waals surface area contributed by atoms with Crippen molar-refractivity contribution in [3.63, 3.8) is 0 Å². The minimum absolute atomic E-state index is 0.468. The molecule has 0 spiro atoms. The lowest BCUT2D eigenvalue weighted by molar-refractivity contribution is -0.0638. The number of hydrogen-bond donors (Lipinski definition) is 0. The fraction of sp³-hybridized carbons (Fsp3) is 0.600. The smallest absolute Gasteiger partial charge is 0.410 e. The summed E-state index contributed by atoms with van der Waals surface area (Å²) in [6.07, 6.45) is -5.44. The van der Waals surface area contributed by atoms with Crippen molar-refractivity contribution in [3.05, 3.63) is 23.6 Å². The van der Waals surface area contributed by atoms with E-state index < -0.39 is 60.5 Å². The number of nitrogens with zero attached hydrogens (tertiary/aromatic N) is 2. The maximum Gasteiger partial charge on any atom is 0.410 e. The van der Waals surface area contributed by atoms with Crippen LogP contribution >= 0.6 is 0 Å². The van der Waals surface area contributed by atoms with Crippen LogP contribution in [0.25, 0.3) is 0 Å². The zero-order chi connectivity index (χ0) is 19.0. The molecule has 0 saturated carbocycles. The molecule has 2 rings (SSSR count). The van der Waals surface area contributed by atoms with Gasteiger partial charge in [0.1, 0.15) is 5.60 Å². The summed E-state index contributed by atoms with van der Waals surface area (Å²) in [4.78, 5) is 16.0. The van der Waals surface area contributed by atoms with E-state index in [0.717, 1.165) is 4.90 Å². The standard InChI is InChI=1S/C15H17F5N2O3/c1-14(2,3)25-13(23)22-6-10(15(19,20)7-22)24-11-4-8(12(17)18)9(16)5-21-11/h4-5,10,12H,6-7H2,1-3H3/t10-/m0/s1. The van der Waals surface area contributed by atoms with Gasteiger partial charge >= 0.3 is 12.0 Å². The van der Waals surface area contributed by atoms with Crippen molar-refractivity contribution in [2.24, 2.45) is 0 Å². The second-order valence-electron chi connectivity index (χ2n) is 6.57. The van der Waals surface area contributed by atoms with E-state index in [-0.39, 0.29) is 0 Å². The minimum atomic E-state index is -3.45. The Hall–Kier alpha value is -2.13. The zero-order valence-electron chi connectivity index (χ0n) is 13.7. The van der Waals surface area contributed by atoms with Gasteiger partial charge in [0.25, 0.3) is 6.43 Å². The molecule has 0 bridgehead atoms. The highest BCUT2D eigenvalue weighted by atomic mass is 19.3. The number of carbonyl (C=O) groups is 1. The molecule has 0 unspecified atom stereocenters. The molecule has 0 aromatic carbocycles. The third kappa shape index (κ3) is 4.70. The van der Waals surface area contributed by atoms with E-state index >= 15 is 0 Å². The second kappa shape index (κ2) is 6.64. The van der Waals surface area contributed by atoms with Crippen LogP contribution in [0.5, 0.6) is 5.88 Å². The summed E-state index contributed by atoms with van der Waals surface area (Å²) in [5.41, 5.74) is -1.87. The van der Waals surface area contributed by atoms with Gasteiger partial charge in [-0.05, 0) is 20.8 Å². The Bertz CT molecular complexity index is 649. The van der Waals surface area contributed by atoms with Crippen LogP contribution in [0, 0.1) is 5.82 Å². The van der Waals surface area contributed by atoms with Crippen LogP contribution in [-0.4, -0.2) is 46.7 Å². The fourth-order valence-corrected chi connectivity index (χ4v) is 2.16. The van der Waals surface area contributed by atoms with Gasteiger partial charge in [-0.3, -0.25) is 4.90 Å². The number of pyridine rings is 1. The highest BCUT2D eigenvalue weighted by Crippen LogP contribution is 2.33. The average Bonchev–Trinajstić information content (AvgIpc) is 2.74. The molecule has 0 aliphatic carbocycles. The monoisotopic (exact) mass is 368 g/mol. The predicted octanol–water partition coefficient (Wildman–Crippen LogP) is 3.79. The largest absolute Gasteiger partial charge is 0.466 e. The minimum Gasteiger partial charge on any atom is -0.466 e. The van der Waals surface area contributed by atoms with Crippen molar-refractivity contribution >= 4 is 6.09 Å². The van der Waals surface area contributed by atoms with Gasteiger partial charge in [0.05, 0.1) is 24.8 Å². The molecule has 0 N–H and O–H groups in total. The summed E-state index contributed by atoms with van der Waals surface area (Å²) < 4.78 is 76.6. The van der Waals surface area contributed by atoms with Gasteiger partial charge in [-0.15, -0.1) is 0 Å². The van der Waals surface area contributed by atoms with Crippen molar-refractivity contribution in [1.29, 1.82) is 0 Å². The SMILES string of the molecule is CC(C)(C)OC(=O)N1C[C@H](Oc2cc(C(F)F)c(F)cn2)C(F)(F)C1. The van der Waals surface area contributed by atoms with E-state index in [9.17, 15) is 26.7 Å². The molecule has 140 valence electrons. The quantitative estimate of drug-likeness (QED) is 0.762. The van der Waals surface area contributed by atoms with Crippen LogP contribution < -0.4 is 4.74 Å². The Balaban J connectivity index is 2.12. The molecule has 5 nitrogen and oxygen atoms in total. The molecule has 25 heavy (non-hydrogen) atoms. The molecule has 1 saturated heterocycles. The first-order valence-corrected chi connectivity index (χ1v) is 7.35. The van der Waals surface area contributed by atoms with E-state index in [1.165, 1.54) is 0 Å². The summed E-state index contributed by atoms with van der Waals surface area (Å²) in [7, 11) is 0. The number of hydrogen-bond acceptors (Lipinski definition) is 4. The molecular formula is C15H17F5N2O3. The molecule has 1 aliphatic heterocycles. The van der Waals surface area contributed by atoms with E-state index in [0.29, 0.717) is 12.3 Å². The fourth-order valence-electron chi connectivity index (χ4n) is 2.16. The van der Waals surface area contributed by atoms with Gasteiger partial charge in [-0.1, -0.05) is 0 Å². The lowest BCUT2D eigenvalue weighted by Crippen LogP contribution is -2.36. The molecule has 1 fully saturated rings. The maximum atomic E-state index is 14.1. The van der Waals surface area contributed by atoms with Crippen LogP contribution in [-0.2, 0) is 4.74 Å². The number of carbonyl (C=O) groups excluding carboxylic acids is 1. The molecule has 1 aromatic rings. The highest BCUT2D eigenvalue weighted by Gasteiger charge is 2.52. The zero-order valence-corrected chi connectivity index (χ0v) is 13.7. The summed E-state index contributed by atoms with van der Waals surface area (Å²) >= 11 is 0. The number of aromatic nitrogens is 1. The Kier molecular flexibility index (Phi) is 5.10.